The highest BCUT2D eigenvalue weighted by Crippen LogP contribution is 2.37. The molecule has 5 rings (SSSR count). The average molecular weight is 726 g/mol. The molecular weight excluding hydrogens is 675 g/mol. The number of ketones is 2. The van der Waals surface area contributed by atoms with E-state index in [2.05, 4.69) is 49.5 Å². The molecule has 2 amide bonds. The molecule has 0 bridgehead atoms. The van der Waals surface area contributed by atoms with Crippen LogP contribution in [0.4, 0.5) is 4.79 Å². The molecule has 0 radical (unpaired) electrons. The Morgan fingerprint density at radius 1 is 0.904 bits per heavy atom. The van der Waals surface area contributed by atoms with Crippen molar-refractivity contribution in [2.45, 2.75) is 96.3 Å². The number of rotatable bonds is 16. The summed E-state index contributed by atoms with van der Waals surface area (Å²) in [6, 6.07) is 22.8. The highest BCUT2D eigenvalue weighted by molar-refractivity contribution is 6.74. The summed E-state index contributed by atoms with van der Waals surface area (Å²) in [7, 11) is -2.05. The Morgan fingerprint density at radius 3 is 2.21 bits per heavy atom. The topological polar surface area (TPSA) is 139 Å². The highest BCUT2D eigenvalue weighted by Gasteiger charge is 2.50. The molecule has 1 saturated heterocycles. The number of amides is 2. The molecule has 4 aromatic rings. The van der Waals surface area contributed by atoms with Crippen molar-refractivity contribution < 1.29 is 33.1 Å². The second kappa shape index (κ2) is 15.9. The number of epoxide rings is 1. The molecule has 52 heavy (non-hydrogen) atoms. The molecule has 0 saturated carbocycles. The van der Waals surface area contributed by atoms with E-state index in [-0.39, 0.29) is 49.1 Å². The number of para-hydroxylation sites is 1. The summed E-state index contributed by atoms with van der Waals surface area (Å²) in [6.07, 6.45) is 1.42. The maximum Gasteiger partial charge on any atom is 0.408 e. The molecule has 1 fully saturated rings. The van der Waals surface area contributed by atoms with Gasteiger partial charge in [0.05, 0.1) is 18.7 Å². The first-order valence-electron chi connectivity index (χ1n) is 17.9. The molecule has 1 unspecified atom stereocenters. The number of H-pyrrole nitrogens is 1. The van der Waals surface area contributed by atoms with Gasteiger partial charge >= 0.3 is 6.09 Å². The molecule has 1 aliphatic rings. The Labute approximate surface area is 307 Å². The van der Waals surface area contributed by atoms with Crippen molar-refractivity contribution in [3.05, 3.63) is 102 Å². The summed E-state index contributed by atoms with van der Waals surface area (Å²) in [5.74, 6) is -1.06. The summed E-state index contributed by atoms with van der Waals surface area (Å²) < 4.78 is 17.3. The van der Waals surface area contributed by atoms with E-state index in [1.807, 2.05) is 85.1 Å². The van der Waals surface area contributed by atoms with Crippen molar-refractivity contribution in [2.24, 2.45) is 5.92 Å². The van der Waals surface area contributed by atoms with Crippen molar-refractivity contribution in [2.75, 3.05) is 6.61 Å². The van der Waals surface area contributed by atoms with Gasteiger partial charge in [-0.3, -0.25) is 14.4 Å². The van der Waals surface area contributed by atoms with Crippen molar-refractivity contribution in [1.82, 2.24) is 15.6 Å². The number of benzene rings is 3. The molecule has 0 spiro atoms. The Morgan fingerprint density at radius 2 is 1.56 bits per heavy atom. The Hall–Kier alpha value is -4.74. The molecule has 1 aromatic heterocycles. The van der Waals surface area contributed by atoms with Gasteiger partial charge in [-0.15, -0.1) is 0 Å². The summed E-state index contributed by atoms with van der Waals surface area (Å²) in [6.45, 7) is 14.6. The number of ether oxygens (including phenoxy) is 2. The fourth-order valence-corrected chi connectivity index (χ4v) is 6.79. The van der Waals surface area contributed by atoms with Gasteiger partial charge < -0.3 is 29.5 Å². The van der Waals surface area contributed by atoms with E-state index >= 15 is 0 Å². The van der Waals surface area contributed by atoms with Gasteiger partial charge in [0.15, 0.2) is 11.6 Å². The number of nitrogens with one attached hydrogen (secondary N) is 3. The first-order chi connectivity index (χ1) is 24.5. The number of hydrogen-bond acceptors (Lipinski definition) is 7. The van der Waals surface area contributed by atoms with Gasteiger partial charge in [-0.05, 0) is 79.7 Å². The third-order valence-corrected chi connectivity index (χ3v) is 14.6. The van der Waals surface area contributed by atoms with Crippen LogP contribution in [0.3, 0.4) is 0 Å². The number of carbonyl (C=O) groups excluding carboxylic acids is 4. The molecule has 10 nitrogen and oxygen atoms in total. The van der Waals surface area contributed by atoms with Crippen LogP contribution >= 0.6 is 0 Å². The minimum atomic E-state index is -2.05. The van der Waals surface area contributed by atoms with Crippen LogP contribution in [0.15, 0.2) is 85.1 Å². The van der Waals surface area contributed by atoms with Gasteiger partial charge in [0.1, 0.15) is 18.0 Å². The van der Waals surface area contributed by atoms with Crippen LogP contribution in [0.2, 0.25) is 18.1 Å². The molecule has 4 atom stereocenters. The molecule has 0 aliphatic carbocycles. The Kier molecular flexibility index (Phi) is 11.7. The average Bonchev–Trinajstić information content (AvgIpc) is 3.73. The minimum absolute atomic E-state index is 0.0390. The SMILES string of the molecule is C[C@@H](NC(=O)OCc1ccccc1)C(=O)CC(Cc1c[nH]c2ccccc12)C(=O)N[C@@H](Cc1ccc(O[Si](C)(C)C(C)(C)C)cc1)C(=O)[C@@]1(C)CO1. The highest BCUT2D eigenvalue weighted by atomic mass is 28.4. The molecule has 276 valence electrons. The summed E-state index contributed by atoms with van der Waals surface area (Å²) >= 11 is 0. The van der Waals surface area contributed by atoms with Crippen molar-refractivity contribution in [1.29, 1.82) is 0 Å². The van der Waals surface area contributed by atoms with Gasteiger partial charge in [0.25, 0.3) is 0 Å². The van der Waals surface area contributed by atoms with Crippen molar-refractivity contribution >= 4 is 42.8 Å². The van der Waals surface area contributed by atoms with Crippen LogP contribution in [0.1, 0.15) is 57.7 Å². The van der Waals surface area contributed by atoms with Crippen LogP contribution in [0, 0.1) is 5.92 Å². The van der Waals surface area contributed by atoms with E-state index in [1.54, 1.807) is 13.8 Å². The normalized spacial score (nSPS) is 17.4. The first kappa shape index (κ1) is 38.5. The summed E-state index contributed by atoms with van der Waals surface area (Å²) in [5, 5.41) is 6.58. The van der Waals surface area contributed by atoms with Gasteiger partial charge in [0.2, 0.25) is 14.2 Å². The Balaban J connectivity index is 1.32. The number of carbonyl (C=O) groups is 4. The minimum Gasteiger partial charge on any atom is -0.544 e. The van der Waals surface area contributed by atoms with E-state index in [9.17, 15) is 19.2 Å². The largest absolute Gasteiger partial charge is 0.544 e. The lowest BCUT2D eigenvalue weighted by Gasteiger charge is -2.36. The van der Waals surface area contributed by atoms with Crippen LogP contribution in [0.25, 0.3) is 10.9 Å². The zero-order valence-electron chi connectivity index (χ0n) is 31.2. The summed E-state index contributed by atoms with van der Waals surface area (Å²) in [4.78, 5) is 57.4. The smallest absolute Gasteiger partial charge is 0.408 e. The van der Waals surface area contributed by atoms with Crippen molar-refractivity contribution in [3.8, 4) is 5.75 Å². The van der Waals surface area contributed by atoms with E-state index in [4.69, 9.17) is 13.9 Å². The number of Topliss-reactive ketones (excluding diaryl/α,β-unsaturated/α-hetero) is 2. The molecule has 11 heteroatoms. The van der Waals surface area contributed by atoms with Crippen LogP contribution in [0.5, 0.6) is 5.75 Å². The summed E-state index contributed by atoms with van der Waals surface area (Å²) in [5.41, 5.74) is 2.46. The van der Waals surface area contributed by atoms with E-state index in [0.717, 1.165) is 33.3 Å². The fraction of sp³-hybridized carbons (Fsp3) is 0.415. The predicted molar refractivity (Wildman–Crippen MR) is 204 cm³/mol. The Bertz CT molecular complexity index is 1880. The molecular formula is C41H51N3O7Si. The lowest BCUT2D eigenvalue weighted by molar-refractivity contribution is -0.134. The first-order valence-corrected chi connectivity index (χ1v) is 20.8. The third kappa shape index (κ3) is 9.77. The second-order valence-electron chi connectivity index (χ2n) is 15.5. The van der Waals surface area contributed by atoms with Crippen LogP contribution in [-0.4, -0.2) is 61.2 Å². The fourth-order valence-electron chi connectivity index (χ4n) is 5.76. The lowest BCUT2D eigenvalue weighted by Crippen LogP contribution is -2.50. The number of fused-ring (bicyclic) bond motifs is 1. The molecule has 3 N–H and O–H groups in total. The maximum absolute atomic E-state index is 14.2. The predicted octanol–water partition coefficient (Wildman–Crippen LogP) is 7.07. The second-order valence-corrected chi connectivity index (χ2v) is 20.2. The maximum atomic E-state index is 14.2. The number of hydrogen-bond donors (Lipinski definition) is 3. The van der Waals surface area contributed by atoms with Gasteiger partial charge in [-0.25, -0.2) is 4.79 Å². The van der Waals surface area contributed by atoms with Gasteiger partial charge in [-0.2, -0.15) is 0 Å². The molecule has 3 aromatic carbocycles. The van der Waals surface area contributed by atoms with Crippen molar-refractivity contribution in [3.63, 3.8) is 0 Å². The van der Waals surface area contributed by atoms with Crippen LogP contribution in [-0.2, 0) is 43.3 Å². The number of alkyl carbamates (subject to hydrolysis) is 1. The van der Waals surface area contributed by atoms with E-state index < -0.39 is 43.9 Å². The monoisotopic (exact) mass is 725 g/mol. The van der Waals surface area contributed by atoms with E-state index in [1.165, 1.54) is 0 Å². The molecule has 2 heterocycles. The number of aromatic nitrogens is 1. The third-order valence-electron chi connectivity index (χ3n) is 10.3. The quantitative estimate of drug-likeness (QED) is 0.0830. The van der Waals surface area contributed by atoms with Gasteiger partial charge in [0, 0.05) is 29.4 Å². The standard InChI is InChI=1S/C41H51N3O7Si/c1-27(43-39(48)49-25-29-13-9-8-10-14-29)36(45)23-30(22-31-24-42-34-16-12-11-15-33(31)34)38(47)44-35(37(46)41(5)26-50-41)21-28-17-19-32(20-18-28)51-52(6,7)40(2,3)4/h8-20,24,27,30,35,42H,21-23,25-26H2,1-7H3,(H,43,48)(H,44,47)/t27-,30?,35+,41-/m1/s1. The van der Waals surface area contributed by atoms with Gasteiger partial charge in [-0.1, -0.05) is 81.4 Å². The molecule has 1 aliphatic heterocycles. The van der Waals surface area contributed by atoms with E-state index in [0.29, 0.717) is 0 Å². The zero-order chi connectivity index (χ0) is 37.7. The number of aromatic amines is 1. The zero-order valence-corrected chi connectivity index (χ0v) is 32.2. The lowest BCUT2D eigenvalue weighted by atomic mass is 9.89. The van der Waals surface area contributed by atoms with Crippen LogP contribution < -0.4 is 15.1 Å².